The third-order valence-electron chi connectivity index (χ3n) is 10.9. The highest BCUT2D eigenvalue weighted by Crippen LogP contribution is 2.15. The van der Waals surface area contributed by atoms with E-state index in [4.69, 9.17) is 0 Å². The summed E-state index contributed by atoms with van der Waals surface area (Å²) < 4.78 is 0. The van der Waals surface area contributed by atoms with E-state index in [1.54, 1.807) is 0 Å². The van der Waals surface area contributed by atoms with Gasteiger partial charge in [-0.2, -0.15) is 0 Å². The summed E-state index contributed by atoms with van der Waals surface area (Å²) in [7, 11) is 0. The van der Waals surface area contributed by atoms with Gasteiger partial charge in [0.2, 0.25) is 5.91 Å². The maximum atomic E-state index is 12.4. The third kappa shape index (κ3) is 38.8. The monoisotopic (exact) mass is 760 g/mol. The number of aliphatic hydroxyl groups excluding tert-OH is 3. The summed E-state index contributed by atoms with van der Waals surface area (Å²) >= 11 is 0. The van der Waals surface area contributed by atoms with Gasteiger partial charge in [-0.1, -0.05) is 198 Å². The van der Waals surface area contributed by atoms with Gasteiger partial charge in [0.1, 0.15) is 6.10 Å². The van der Waals surface area contributed by atoms with E-state index in [-0.39, 0.29) is 12.5 Å². The van der Waals surface area contributed by atoms with Crippen molar-refractivity contribution < 1.29 is 20.1 Å². The highest BCUT2D eigenvalue weighted by Gasteiger charge is 2.26. The Kier molecular flexibility index (Phi) is 43.1. The summed E-state index contributed by atoms with van der Waals surface area (Å²) in [4.78, 5) is 12.4. The van der Waals surface area contributed by atoms with Crippen LogP contribution in [0.1, 0.15) is 245 Å². The van der Waals surface area contributed by atoms with E-state index in [1.165, 1.54) is 173 Å². The average molecular weight is 760 g/mol. The molecule has 0 rings (SSSR count). The molecule has 0 saturated heterocycles. The number of amides is 1. The first kappa shape index (κ1) is 52.6. The van der Waals surface area contributed by atoms with Crippen molar-refractivity contribution in [3.05, 3.63) is 36.5 Å². The van der Waals surface area contributed by atoms with E-state index < -0.39 is 18.2 Å². The molecule has 54 heavy (non-hydrogen) atoms. The van der Waals surface area contributed by atoms with Gasteiger partial charge in [0.05, 0.1) is 18.8 Å². The first-order valence-electron chi connectivity index (χ1n) is 23.8. The van der Waals surface area contributed by atoms with Gasteiger partial charge in [-0.05, 0) is 77.0 Å². The Morgan fingerprint density at radius 2 is 0.759 bits per heavy atom. The van der Waals surface area contributed by atoms with E-state index in [0.717, 1.165) is 44.9 Å². The molecule has 3 atom stereocenters. The minimum Gasteiger partial charge on any atom is -0.394 e. The molecule has 5 nitrogen and oxygen atoms in total. The third-order valence-corrected chi connectivity index (χ3v) is 10.9. The molecule has 0 saturated carbocycles. The number of aliphatic hydroxyl groups is 3. The molecular weight excluding hydrogens is 667 g/mol. The first-order chi connectivity index (χ1) is 26.6. The van der Waals surface area contributed by atoms with E-state index in [2.05, 4.69) is 55.6 Å². The van der Waals surface area contributed by atoms with Gasteiger partial charge in [0.15, 0.2) is 0 Å². The molecule has 0 radical (unpaired) electrons. The van der Waals surface area contributed by atoms with Crippen LogP contribution in [-0.4, -0.2) is 46.1 Å². The minimum absolute atomic E-state index is 0.161. The summed E-state index contributed by atoms with van der Waals surface area (Å²) in [6.45, 7) is 4.17. The molecule has 0 aromatic heterocycles. The molecule has 0 aliphatic rings. The quantitative estimate of drug-likeness (QED) is 0.0368. The van der Waals surface area contributed by atoms with E-state index in [0.29, 0.717) is 12.8 Å². The molecule has 0 aromatic rings. The second-order valence-electron chi connectivity index (χ2n) is 16.3. The Morgan fingerprint density at radius 3 is 1.13 bits per heavy atom. The van der Waals surface area contributed by atoms with Gasteiger partial charge in [-0.25, -0.2) is 0 Å². The summed E-state index contributed by atoms with van der Waals surface area (Å²) in [5.41, 5.74) is 0. The predicted octanol–water partition coefficient (Wildman–Crippen LogP) is 13.9. The topological polar surface area (TPSA) is 89.8 Å². The van der Waals surface area contributed by atoms with E-state index >= 15 is 0 Å². The zero-order chi connectivity index (χ0) is 39.4. The number of rotatable bonds is 43. The van der Waals surface area contributed by atoms with Crippen molar-refractivity contribution in [1.82, 2.24) is 5.32 Å². The van der Waals surface area contributed by atoms with Crippen molar-refractivity contribution in [1.29, 1.82) is 0 Å². The number of hydrogen-bond donors (Lipinski definition) is 4. The molecule has 0 aliphatic carbocycles. The average Bonchev–Trinajstić information content (AvgIpc) is 3.18. The van der Waals surface area contributed by atoms with Crippen molar-refractivity contribution in [2.75, 3.05) is 6.61 Å². The molecule has 0 bridgehead atoms. The van der Waals surface area contributed by atoms with Crippen LogP contribution in [0.3, 0.4) is 0 Å². The molecule has 0 aromatic carbocycles. The zero-order valence-electron chi connectivity index (χ0n) is 36.1. The Morgan fingerprint density at radius 1 is 0.444 bits per heavy atom. The lowest BCUT2D eigenvalue weighted by Crippen LogP contribution is -2.50. The lowest BCUT2D eigenvalue weighted by Gasteiger charge is -2.26. The second kappa shape index (κ2) is 44.3. The molecule has 0 heterocycles. The Hall–Kier alpha value is -1.43. The summed E-state index contributed by atoms with van der Waals surface area (Å²) in [6, 6.07) is -0.833. The predicted molar refractivity (Wildman–Crippen MR) is 236 cm³/mol. The molecule has 4 N–H and O–H groups in total. The molecule has 318 valence electrons. The van der Waals surface area contributed by atoms with Crippen molar-refractivity contribution in [3.8, 4) is 0 Å². The van der Waals surface area contributed by atoms with E-state index in [1.807, 2.05) is 0 Å². The van der Waals surface area contributed by atoms with Crippen LogP contribution < -0.4 is 5.32 Å². The normalized spacial score (nSPS) is 13.8. The van der Waals surface area contributed by atoms with Crippen LogP contribution in [0.4, 0.5) is 0 Å². The fourth-order valence-electron chi connectivity index (χ4n) is 7.23. The molecule has 5 heteroatoms. The number of carbonyl (C=O) groups is 1. The second-order valence-corrected chi connectivity index (χ2v) is 16.3. The molecule has 0 aliphatic heterocycles. The SMILES string of the molecule is CCCCCCCCC/C=C/CC/C=C/CCCC(O)C(O)C(CO)NC(=O)CCCCCCCCCC/C=C\CCCCCCCCCCCCCC. The molecule has 0 fully saturated rings. The van der Waals surface area contributed by atoms with E-state index in [9.17, 15) is 20.1 Å². The smallest absolute Gasteiger partial charge is 0.220 e. The fraction of sp³-hybridized carbons (Fsp3) is 0.857. The maximum absolute atomic E-state index is 12.4. The Bertz CT molecular complexity index is 840. The van der Waals surface area contributed by atoms with Gasteiger partial charge in [0.25, 0.3) is 0 Å². The zero-order valence-corrected chi connectivity index (χ0v) is 36.1. The molecular formula is C49H93NO4. The van der Waals surface area contributed by atoms with Crippen molar-refractivity contribution in [2.45, 2.75) is 263 Å². The summed E-state index contributed by atoms with van der Waals surface area (Å²) in [5.74, 6) is -0.161. The lowest BCUT2D eigenvalue weighted by molar-refractivity contribution is -0.124. The van der Waals surface area contributed by atoms with Crippen molar-refractivity contribution >= 4 is 5.91 Å². The van der Waals surface area contributed by atoms with Crippen LogP contribution >= 0.6 is 0 Å². The van der Waals surface area contributed by atoms with Gasteiger partial charge in [-0.3, -0.25) is 4.79 Å². The van der Waals surface area contributed by atoms with Crippen LogP contribution in [0.25, 0.3) is 0 Å². The summed E-state index contributed by atoms with van der Waals surface area (Å²) in [6.07, 6.45) is 55.5. The van der Waals surface area contributed by atoms with Gasteiger partial charge in [-0.15, -0.1) is 0 Å². The summed E-state index contributed by atoms with van der Waals surface area (Å²) in [5, 5.41) is 33.5. The first-order valence-corrected chi connectivity index (χ1v) is 23.8. The highest BCUT2D eigenvalue weighted by atomic mass is 16.3. The number of hydrogen-bond acceptors (Lipinski definition) is 4. The fourth-order valence-corrected chi connectivity index (χ4v) is 7.23. The Labute approximate surface area is 336 Å². The van der Waals surface area contributed by atoms with Gasteiger partial charge < -0.3 is 20.6 Å². The molecule has 1 amide bonds. The van der Waals surface area contributed by atoms with Crippen LogP contribution in [0.2, 0.25) is 0 Å². The van der Waals surface area contributed by atoms with Crippen LogP contribution in [0.5, 0.6) is 0 Å². The number of nitrogens with one attached hydrogen (secondary N) is 1. The standard InChI is InChI=1S/C49H93NO4/c1-3-5-7-9-11-13-15-17-19-21-22-23-24-25-26-27-28-30-32-34-36-38-40-42-44-48(53)50-46(45-51)49(54)47(52)43-41-39-37-35-33-31-29-20-18-16-14-12-10-8-6-4-2/h20,25-26,29,35,37,46-47,49,51-52,54H,3-19,21-24,27-28,30-34,36,38-45H2,1-2H3,(H,50,53)/b26-25-,29-20+,37-35+. The largest absolute Gasteiger partial charge is 0.394 e. The lowest BCUT2D eigenvalue weighted by atomic mass is 10.0. The van der Waals surface area contributed by atoms with Crippen LogP contribution in [-0.2, 0) is 4.79 Å². The Balaban J connectivity index is 3.64. The van der Waals surface area contributed by atoms with Crippen LogP contribution in [0, 0.1) is 0 Å². The number of unbranched alkanes of at least 4 members (excludes halogenated alkanes) is 29. The van der Waals surface area contributed by atoms with Gasteiger partial charge >= 0.3 is 0 Å². The van der Waals surface area contributed by atoms with Gasteiger partial charge in [0, 0.05) is 6.42 Å². The van der Waals surface area contributed by atoms with Crippen molar-refractivity contribution in [3.63, 3.8) is 0 Å². The minimum atomic E-state index is -1.17. The molecule has 0 spiro atoms. The molecule has 3 unspecified atom stereocenters. The number of carbonyl (C=O) groups excluding carboxylic acids is 1. The number of allylic oxidation sites excluding steroid dienone is 6. The highest BCUT2D eigenvalue weighted by molar-refractivity contribution is 5.76. The van der Waals surface area contributed by atoms with Crippen LogP contribution in [0.15, 0.2) is 36.5 Å². The van der Waals surface area contributed by atoms with Crippen molar-refractivity contribution in [2.24, 2.45) is 0 Å². The maximum Gasteiger partial charge on any atom is 0.220 e.